The highest BCUT2D eigenvalue weighted by Gasteiger charge is 2.18. The van der Waals surface area contributed by atoms with Gasteiger partial charge in [0.1, 0.15) is 0 Å². The van der Waals surface area contributed by atoms with Gasteiger partial charge in [-0.15, -0.1) is 0 Å². The van der Waals surface area contributed by atoms with Crippen LogP contribution >= 0.6 is 11.6 Å². The number of aromatic nitrogens is 1. The maximum atomic E-state index is 6.49. The summed E-state index contributed by atoms with van der Waals surface area (Å²) in [5.41, 5.74) is 8.34. The summed E-state index contributed by atoms with van der Waals surface area (Å²) in [6.07, 6.45) is 0. The third-order valence-electron chi connectivity index (χ3n) is 6.07. The minimum absolute atomic E-state index is 0.746. The van der Waals surface area contributed by atoms with E-state index in [1.807, 2.05) is 6.07 Å². The molecule has 0 amide bonds. The molecular formula is C30H20ClN. The molecule has 0 fully saturated rings. The van der Waals surface area contributed by atoms with Gasteiger partial charge in [-0.05, 0) is 58.7 Å². The van der Waals surface area contributed by atoms with E-state index in [-0.39, 0.29) is 0 Å². The van der Waals surface area contributed by atoms with Crippen molar-refractivity contribution in [3.8, 4) is 27.9 Å². The lowest BCUT2D eigenvalue weighted by Crippen LogP contribution is -1.93. The average molecular weight is 430 g/mol. The van der Waals surface area contributed by atoms with Gasteiger partial charge in [-0.1, -0.05) is 96.5 Å². The normalized spacial score (nSPS) is 11.3. The summed E-state index contributed by atoms with van der Waals surface area (Å²) in [4.78, 5) is 0. The van der Waals surface area contributed by atoms with Crippen LogP contribution in [-0.4, -0.2) is 4.57 Å². The van der Waals surface area contributed by atoms with Crippen LogP contribution in [0.1, 0.15) is 0 Å². The zero-order valence-electron chi connectivity index (χ0n) is 17.4. The number of hydrogen-bond acceptors (Lipinski definition) is 0. The second-order valence-corrected chi connectivity index (χ2v) is 8.38. The summed E-state index contributed by atoms with van der Waals surface area (Å²) < 4.78 is 2.33. The molecule has 0 spiro atoms. The first-order valence-corrected chi connectivity index (χ1v) is 11.1. The number of fused-ring (bicyclic) bond motifs is 3. The van der Waals surface area contributed by atoms with Gasteiger partial charge in [0, 0.05) is 21.5 Å². The number of hydrogen-bond donors (Lipinski definition) is 0. The van der Waals surface area contributed by atoms with E-state index in [0.717, 1.165) is 21.6 Å². The van der Waals surface area contributed by atoms with E-state index in [1.165, 1.54) is 33.2 Å². The predicted molar refractivity (Wildman–Crippen MR) is 137 cm³/mol. The predicted octanol–water partition coefficient (Wildman–Crippen LogP) is 8.77. The Morgan fingerprint density at radius 1 is 0.500 bits per heavy atom. The van der Waals surface area contributed by atoms with Crippen LogP contribution in [-0.2, 0) is 0 Å². The Balaban J connectivity index is 1.74. The molecule has 0 bridgehead atoms. The molecule has 1 aromatic heterocycles. The fourth-order valence-electron chi connectivity index (χ4n) is 4.71. The quantitative estimate of drug-likeness (QED) is 0.265. The number of benzene rings is 5. The number of halogens is 1. The van der Waals surface area contributed by atoms with Crippen molar-refractivity contribution >= 4 is 33.4 Å². The van der Waals surface area contributed by atoms with Crippen LogP contribution in [0.5, 0.6) is 0 Å². The summed E-state index contributed by atoms with van der Waals surface area (Å²) in [5.74, 6) is 0. The van der Waals surface area contributed by atoms with Crippen LogP contribution in [0.2, 0.25) is 5.02 Å². The summed E-state index contributed by atoms with van der Waals surface area (Å²) in [7, 11) is 0. The molecule has 1 heterocycles. The van der Waals surface area contributed by atoms with Gasteiger partial charge >= 0.3 is 0 Å². The third-order valence-corrected chi connectivity index (χ3v) is 6.30. The highest BCUT2D eigenvalue weighted by atomic mass is 35.5. The van der Waals surface area contributed by atoms with Crippen molar-refractivity contribution in [3.05, 3.63) is 126 Å². The molecule has 0 saturated heterocycles. The molecule has 0 N–H and O–H groups in total. The van der Waals surface area contributed by atoms with Crippen LogP contribution in [0, 0.1) is 0 Å². The van der Waals surface area contributed by atoms with Crippen LogP contribution < -0.4 is 0 Å². The monoisotopic (exact) mass is 429 g/mol. The smallest absolute Gasteiger partial charge is 0.0547 e. The molecule has 0 unspecified atom stereocenters. The Kier molecular flexibility index (Phi) is 4.56. The molecule has 0 atom stereocenters. The van der Waals surface area contributed by atoms with E-state index in [2.05, 4.69) is 120 Å². The number of para-hydroxylation sites is 1. The van der Waals surface area contributed by atoms with Gasteiger partial charge in [-0.3, -0.25) is 0 Å². The topological polar surface area (TPSA) is 4.93 Å². The van der Waals surface area contributed by atoms with Crippen LogP contribution in [0.25, 0.3) is 49.7 Å². The van der Waals surface area contributed by atoms with Gasteiger partial charge in [-0.2, -0.15) is 0 Å². The van der Waals surface area contributed by atoms with Gasteiger partial charge in [0.2, 0.25) is 0 Å². The lowest BCUT2D eigenvalue weighted by Gasteiger charge is -2.12. The van der Waals surface area contributed by atoms with Gasteiger partial charge < -0.3 is 4.57 Å². The van der Waals surface area contributed by atoms with Crippen molar-refractivity contribution in [2.24, 2.45) is 0 Å². The first kappa shape index (κ1) is 18.9. The van der Waals surface area contributed by atoms with Crippen molar-refractivity contribution in [1.82, 2.24) is 4.57 Å². The molecule has 0 saturated carbocycles. The van der Waals surface area contributed by atoms with Gasteiger partial charge in [0.15, 0.2) is 0 Å². The summed E-state index contributed by atoms with van der Waals surface area (Å²) >= 11 is 6.49. The van der Waals surface area contributed by atoms with E-state index in [4.69, 9.17) is 11.6 Å². The zero-order chi connectivity index (χ0) is 21.5. The minimum atomic E-state index is 0.746. The molecule has 6 rings (SSSR count). The van der Waals surface area contributed by atoms with E-state index in [9.17, 15) is 0 Å². The Labute approximate surface area is 192 Å². The molecule has 5 aromatic carbocycles. The van der Waals surface area contributed by atoms with Crippen molar-refractivity contribution in [2.75, 3.05) is 0 Å². The Morgan fingerprint density at radius 2 is 1.16 bits per heavy atom. The maximum Gasteiger partial charge on any atom is 0.0547 e. The largest absolute Gasteiger partial charge is 0.309 e. The molecule has 32 heavy (non-hydrogen) atoms. The highest BCUT2D eigenvalue weighted by molar-refractivity contribution is 6.32. The van der Waals surface area contributed by atoms with Crippen molar-refractivity contribution in [2.45, 2.75) is 0 Å². The molecule has 0 aliphatic rings. The van der Waals surface area contributed by atoms with Crippen LogP contribution in [0.15, 0.2) is 121 Å². The first-order valence-electron chi connectivity index (χ1n) is 10.7. The lowest BCUT2D eigenvalue weighted by molar-refractivity contribution is 1.18. The fraction of sp³-hybridized carbons (Fsp3) is 0. The first-order chi connectivity index (χ1) is 15.8. The molecule has 0 radical (unpaired) electrons. The molecule has 0 aliphatic carbocycles. The Morgan fingerprint density at radius 3 is 1.94 bits per heavy atom. The Bertz CT molecular complexity index is 1560. The van der Waals surface area contributed by atoms with Gasteiger partial charge in [0.05, 0.1) is 11.0 Å². The molecule has 6 aromatic rings. The zero-order valence-corrected chi connectivity index (χ0v) is 18.1. The maximum absolute atomic E-state index is 6.49. The van der Waals surface area contributed by atoms with Crippen LogP contribution in [0.3, 0.4) is 0 Å². The van der Waals surface area contributed by atoms with Crippen molar-refractivity contribution in [3.63, 3.8) is 0 Å². The third kappa shape index (κ3) is 3.02. The average Bonchev–Trinajstić information content (AvgIpc) is 3.19. The molecule has 1 nitrogen and oxygen atoms in total. The Hall–Kier alpha value is -3.81. The highest BCUT2D eigenvalue weighted by Crippen LogP contribution is 2.42. The van der Waals surface area contributed by atoms with E-state index in [1.54, 1.807) is 0 Å². The molecule has 0 aliphatic heterocycles. The van der Waals surface area contributed by atoms with Crippen molar-refractivity contribution in [1.29, 1.82) is 0 Å². The van der Waals surface area contributed by atoms with Crippen LogP contribution in [0.4, 0.5) is 0 Å². The standard InChI is InChI=1S/C30H20ClN/c31-22-18-19-28-27(20-22)30-26(16-9-17-29(30)32(28)23-12-5-2-6-13-23)25-15-8-7-14-24(25)21-10-3-1-4-11-21/h1-20H. The summed E-state index contributed by atoms with van der Waals surface area (Å²) in [5, 5.41) is 3.13. The molecule has 2 heteroatoms. The van der Waals surface area contributed by atoms with E-state index in [0.29, 0.717) is 0 Å². The summed E-state index contributed by atoms with van der Waals surface area (Å²) in [6, 6.07) is 42.5. The lowest BCUT2D eigenvalue weighted by atomic mass is 9.92. The number of nitrogens with zero attached hydrogens (tertiary/aromatic N) is 1. The second-order valence-electron chi connectivity index (χ2n) is 7.94. The van der Waals surface area contributed by atoms with E-state index >= 15 is 0 Å². The van der Waals surface area contributed by atoms with E-state index < -0.39 is 0 Å². The van der Waals surface area contributed by atoms with Gasteiger partial charge in [0.25, 0.3) is 0 Å². The van der Waals surface area contributed by atoms with Crippen molar-refractivity contribution < 1.29 is 0 Å². The summed E-state index contributed by atoms with van der Waals surface area (Å²) in [6.45, 7) is 0. The molecule has 152 valence electrons. The SMILES string of the molecule is Clc1ccc2c(c1)c1c(-c3ccccc3-c3ccccc3)cccc1n2-c1ccccc1. The molecular weight excluding hydrogens is 410 g/mol. The van der Waals surface area contributed by atoms with Gasteiger partial charge in [-0.25, -0.2) is 0 Å². The number of rotatable bonds is 3. The minimum Gasteiger partial charge on any atom is -0.309 e. The second kappa shape index (κ2) is 7.71. The fourth-order valence-corrected chi connectivity index (χ4v) is 4.88.